The number of carbonyl (C=O) groups excluding carboxylic acids is 2. The van der Waals surface area contributed by atoms with Crippen LogP contribution >= 0.6 is 0 Å². The molecule has 1 N–H and O–H groups in total. The summed E-state index contributed by atoms with van der Waals surface area (Å²) >= 11 is 0. The summed E-state index contributed by atoms with van der Waals surface area (Å²) in [4.78, 5) is 30.4. The van der Waals surface area contributed by atoms with Crippen LogP contribution in [0, 0.1) is 0 Å². The number of rotatable bonds is 4. The van der Waals surface area contributed by atoms with E-state index in [1.165, 1.54) is 32.1 Å². The molecule has 0 spiro atoms. The molecule has 1 aromatic carbocycles. The van der Waals surface area contributed by atoms with Gasteiger partial charge in [0.25, 0.3) is 11.8 Å². The molecule has 0 unspecified atom stereocenters. The summed E-state index contributed by atoms with van der Waals surface area (Å²) in [5.41, 5.74) is 2.53. The highest BCUT2D eigenvalue weighted by molar-refractivity contribution is 6.00. The fraction of sp³-hybridized carbons (Fsp3) is 0.652. The monoisotopic (exact) mass is 381 g/mol. The number of amides is 2. The van der Waals surface area contributed by atoms with Gasteiger partial charge >= 0.3 is 0 Å². The molecular weight excluding hydrogens is 350 g/mol. The second-order valence-corrected chi connectivity index (χ2v) is 9.10. The van der Waals surface area contributed by atoms with Gasteiger partial charge < -0.3 is 10.2 Å². The van der Waals surface area contributed by atoms with Crippen LogP contribution < -0.4 is 5.32 Å². The Morgan fingerprint density at radius 3 is 2.54 bits per heavy atom. The third-order valence-corrected chi connectivity index (χ3v) is 7.40. The molecule has 0 bridgehead atoms. The Morgan fingerprint density at radius 1 is 0.964 bits per heavy atom. The summed E-state index contributed by atoms with van der Waals surface area (Å²) in [5.74, 6) is 0.168. The van der Waals surface area contributed by atoms with Crippen molar-refractivity contribution in [1.82, 2.24) is 15.1 Å². The normalized spacial score (nSPS) is 26.4. The van der Waals surface area contributed by atoms with E-state index in [9.17, 15) is 9.59 Å². The van der Waals surface area contributed by atoms with Crippen molar-refractivity contribution in [2.75, 3.05) is 19.6 Å². The number of benzene rings is 1. The van der Waals surface area contributed by atoms with Crippen LogP contribution in [0.25, 0.3) is 0 Å². The number of likely N-dealkylation sites (tertiary alicyclic amines) is 1. The topological polar surface area (TPSA) is 52.7 Å². The third kappa shape index (κ3) is 3.34. The van der Waals surface area contributed by atoms with Crippen molar-refractivity contribution < 1.29 is 9.59 Å². The zero-order chi connectivity index (χ0) is 19.1. The molecule has 0 aromatic heterocycles. The predicted octanol–water partition coefficient (Wildman–Crippen LogP) is 2.98. The van der Waals surface area contributed by atoms with Gasteiger partial charge in [-0.05, 0) is 62.3 Å². The molecule has 5 nitrogen and oxygen atoms in total. The maximum atomic E-state index is 13.1. The fourth-order valence-corrected chi connectivity index (χ4v) is 5.44. The molecule has 2 amide bonds. The Labute approximate surface area is 167 Å². The van der Waals surface area contributed by atoms with Crippen molar-refractivity contribution in [2.45, 2.75) is 75.9 Å². The fourth-order valence-electron chi connectivity index (χ4n) is 5.44. The lowest BCUT2D eigenvalue weighted by atomic mass is 9.92. The van der Waals surface area contributed by atoms with Gasteiger partial charge in [0.1, 0.15) is 0 Å². The lowest BCUT2D eigenvalue weighted by molar-refractivity contribution is 0.0646. The number of nitrogens with one attached hydrogen (secondary N) is 1. The number of fused-ring (bicyclic) bond motifs is 1. The molecule has 2 heterocycles. The van der Waals surface area contributed by atoms with Crippen LogP contribution in [-0.2, 0) is 6.42 Å². The van der Waals surface area contributed by atoms with E-state index in [1.54, 1.807) is 0 Å². The molecule has 5 heteroatoms. The van der Waals surface area contributed by atoms with Crippen molar-refractivity contribution >= 4 is 11.8 Å². The van der Waals surface area contributed by atoms with Crippen LogP contribution in [-0.4, -0.2) is 59.4 Å². The Kier molecular flexibility index (Phi) is 4.87. The molecule has 28 heavy (non-hydrogen) atoms. The second-order valence-electron chi connectivity index (χ2n) is 9.10. The molecule has 1 saturated heterocycles. The van der Waals surface area contributed by atoms with Crippen molar-refractivity contribution in [3.05, 3.63) is 34.9 Å². The smallest absolute Gasteiger partial charge is 0.254 e. The molecule has 0 radical (unpaired) electrons. The Bertz CT molecular complexity index is 767. The first-order valence-corrected chi connectivity index (χ1v) is 11.2. The third-order valence-electron chi connectivity index (χ3n) is 7.40. The minimum absolute atomic E-state index is 0.0107. The van der Waals surface area contributed by atoms with E-state index < -0.39 is 0 Å². The van der Waals surface area contributed by atoms with Gasteiger partial charge in [0.2, 0.25) is 0 Å². The van der Waals surface area contributed by atoms with Gasteiger partial charge in [-0.2, -0.15) is 0 Å². The first kappa shape index (κ1) is 18.2. The quantitative estimate of drug-likeness (QED) is 0.872. The van der Waals surface area contributed by atoms with E-state index >= 15 is 0 Å². The molecule has 1 aromatic rings. The molecule has 2 saturated carbocycles. The van der Waals surface area contributed by atoms with Crippen LogP contribution in [0.15, 0.2) is 18.2 Å². The highest BCUT2D eigenvalue weighted by atomic mass is 16.2. The minimum atomic E-state index is 0.0107. The summed E-state index contributed by atoms with van der Waals surface area (Å²) in [6.07, 6.45) is 10.6. The Hall–Kier alpha value is -1.88. The van der Waals surface area contributed by atoms with Gasteiger partial charge in [0, 0.05) is 48.9 Å². The minimum Gasteiger partial charge on any atom is -0.349 e. The number of carbonyl (C=O) groups is 2. The van der Waals surface area contributed by atoms with Gasteiger partial charge in [0.05, 0.1) is 0 Å². The van der Waals surface area contributed by atoms with Crippen LogP contribution in [0.2, 0.25) is 0 Å². The van der Waals surface area contributed by atoms with E-state index in [2.05, 4.69) is 15.1 Å². The Balaban J connectivity index is 1.26. The summed E-state index contributed by atoms with van der Waals surface area (Å²) in [6.45, 7) is 2.95. The van der Waals surface area contributed by atoms with Crippen molar-refractivity contribution in [2.24, 2.45) is 0 Å². The second kappa shape index (κ2) is 7.51. The van der Waals surface area contributed by atoms with E-state index in [0.717, 1.165) is 62.5 Å². The average molecular weight is 382 g/mol. The number of nitrogens with zero attached hydrogens (tertiary/aromatic N) is 2. The summed E-state index contributed by atoms with van der Waals surface area (Å²) in [5, 5.41) is 3.15. The lowest BCUT2D eigenvalue weighted by Crippen LogP contribution is -2.47. The van der Waals surface area contributed by atoms with E-state index in [1.807, 2.05) is 18.2 Å². The molecule has 4 aliphatic rings. The predicted molar refractivity (Wildman–Crippen MR) is 109 cm³/mol. The highest BCUT2D eigenvalue weighted by Crippen LogP contribution is 2.31. The van der Waals surface area contributed by atoms with Gasteiger partial charge in [-0.15, -0.1) is 0 Å². The average Bonchev–Trinajstić information content (AvgIpc) is 3.33. The van der Waals surface area contributed by atoms with Crippen molar-refractivity contribution in [3.63, 3.8) is 0 Å². The lowest BCUT2D eigenvalue weighted by Gasteiger charge is -2.37. The molecule has 5 rings (SSSR count). The van der Waals surface area contributed by atoms with Crippen molar-refractivity contribution in [3.8, 4) is 0 Å². The molecule has 1 atom stereocenters. The van der Waals surface area contributed by atoms with E-state index in [0.29, 0.717) is 17.6 Å². The summed E-state index contributed by atoms with van der Waals surface area (Å²) in [6, 6.07) is 7.10. The largest absolute Gasteiger partial charge is 0.349 e. The van der Waals surface area contributed by atoms with Crippen molar-refractivity contribution in [1.29, 1.82) is 0 Å². The zero-order valence-electron chi connectivity index (χ0n) is 16.7. The zero-order valence-corrected chi connectivity index (χ0v) is 16.7. The van der Waals surface area contributed by atoms with Gasteiger partial charge in [-0.25, -0.2) is 0 Å². The van der Waals surface area contributed by atoms with Gasteiger partial charge in [-0.3, -0.25) is 14.5 Å². The summed E-state index contributed by atoms with van der Waals surface area (Å²) in [7, 11) is 0. The molecule has 150 valence electrons. The SMILES string of the molecule is O=C(NC1CCCC1)c1ccc2c(c1)CCN([C@@H]1CCN(C3CCC3)C1)C2=O. The first-order valence-electron chi connectivity index (χ1n) is 11.2. The molecular formula is C23H31N3O2. The van der Waals surface area contributed by atoms with Crippen LogP contribution in [0.1, 0.15) is 77.6 Å². The molecule has 3 fully saturated rings. The maximum absolute atomic E-state index is 13.1. The number of hydrogen-bond donors (Lipinski definition) is 1. The van der Waals surface area contributed by atoms with Crippen LogP contribution in [0.3, 0.4) is 0 Å². The first-order chi connectivity index (χ1) is 13.7. The number of hydrogen-bond acceptors (Lipinski definition) is 3. The van der Waals surface area contributed by atoms with E-state index in [4.69, 9.17) is 0 Å². The van der Waals surface area contributed by atoms with Gasteiger partial charge in [-0.1, -0.05) is 19.3 Å². The standard InChI is InChI=1S/C23H31N3O2/c27-22(24-18-4-1-2-5-18)17-8-9-21-16(14-17)10-13-26(23(21)28)20-11-12-25(15-20)19-6-3-7-19/h8-9,14,18-20H,1-7,10-13,15H2,(H,24,27)/t20-/m1/s1. The maximum Gasteiger partial charge on any atom is 0.254 e. The van der Waals surface area contributed by atoms with Crippen LogP contribution in [0.5, 0.6) is 0 Å². The van der Waals surface area contributed by atoms with Crippen LogP contribution in [0.4, 0.5) is 0 Å². The Morgan fingerprint density at radius 2 is 1.79 bits per heavy atom. The highest BCUT2D eigenvalue weighted by Gasteiger charge is 2.37. The van der Waals surface area contributed by atoms with E-state index in [-0.39, 0.29) is 11.8 Å². The summed E-state index contributed by atoms with van der Waals surface area (Å²) < 4.78 is 0. The van der Waals surface area contributed by atoms with Gasteiger partial charge in [0.15, 0.2) is 0 Å². The molecule has 2 aliphatic heterocycles. The molecule has 2 aliphatic carbocycles.